The predicted molar refractivity (Wildman–Crippen MR) is 21.4 cm³/mol. The molecule has 76 valence electrons. The molecule has 0 rings (SSSR count). The minimum Gasteiger partial charge on any atom is -0.174 e. The number of hydrogen-bond acceptors (Lipinski definition) is 0. The van der Waals surface area contributed by atoms with Crippen LogP contribution in [0.3, 0.4) is 0 Å². The first-order chi connectivity index (χ1) is 4.18. The van der Waals surface area contributed by atoms with Crippen LogP contribution >= 0.6 is 10.6 Å². The maximum atomic E-state index is 9.85. The molecule has 0 aromatic heterocycles. The van der Waals surface area contributed by atoms with Gasteiger partial charge in [-0.25, -0.2) is 0 Å². The predicted octanol–water partition coefficient (Wildman–Crippen LogP) is 4.35. The third-order valence-electron chi connectivity index (χ3n) is 0. The van der Waals surface area contributed by atoms with E-state index in [0.717, 1.165) is 0 Å². The first kappa shape index (κ1) is 17.6. The summed E-state index contributed by atoms with van der Waals surface area (Å²) in [7, 11) is -10.5. The molecule has 0 bridgehead atoms. The molecule has 0 N–H and O–H groups in total. The molecule has 0 aliphatic carbocycles. The van der Waals surface area contributed by atoms with E-state index in [1.54, 1.807) is 0 Å². The van der Waals surface area contributed by atoms with E-state index < -0.39 is 17.3 Å². The Labute approximate surface area is 61.1 Å². The molecular weight excluding hydrogens is 219 g/mol. The average molecular weight is 220 g/mol. The number of hydrogen-bond donors (Lipinski definition) is 0. The summed E-state index contributed by atoms with van der Waals surface area (Å²) in [5.41, 5.74) is 0. The van der Waals surface area contributed by atoms with Gasteiger partial charge in [-0.1, -0.05) is 23.3 Å². The van der Waals surface area contributed by atoms with Gasteiger partial charge in [0, 0.05) is 6.15 Å². The molecule has 0 unspecified atom stereocenters. The van der Waals surface area contributed by atoms with Crippen LogP contribution in [0.15, 0.2) is 0 Å². The van der Waals surface area contributed by atoms with Gasteiger partial charge in [-0.3, -0.25) is 0 Å². The van der Waals surface area contributed by atoms with Crippen molar-refractivity contribution in [2.75, 3.05) is 0 Å². The van der Waals surface area contributed by atoms with Crippen LogP contribution in [0.5, 0.6) is 0 Å². The molecule has 0 heterocycles. The number of alkyl halides is 3. The third-order valence-corrected chi connectivity index (χ3v) is 0. The summed E-state index contributed by atoms with van der Waals surface area (Å²) in [6.07, 6.45) is 0. The molecular formula is CHF9HeS. The Morgan fingerprint density at radius 2 is 0.667 bits per heavy atom. The van der Waals surface area contributed by atoms with Gasteiger partial charge < -0.3 is 0 Å². The molecule has 0 fully saturated rings. The molecule has 0 spiro atoms. The first-order valence-electron chi connectivity index (χ1n) is 1.58. The van der Waals surface area contributed by atoms with Crippen molar-refractivity contribution < 1.29 is 42.6 Å². The number of halogens is 9. The van der Waals surface area contributed by atoms with E-state index >= 15 is 0 Å². The second-order valence-electron chi connectivity index (χ2n) is 1.12. The summed E-state index contributed by atoms with van der Waals surface area (Å²) < 4.78 is 88.1. The van der Waals surface area contributed by atoms with Crippen LogP contribution in [0.1, 0.15) is 0 Å². The van der Waals surface area contributed by atoms with Gasteiger partial charge in [0.25, 0.3) is 0 Å². The summed E-state index contributed by atoms with van der Waals surface area (Å²) in [6, 6.07) is 0. The van der Waals surface area contributed by atoms with E-state index in [4.69, 9.17) is 0 Å². The number of rotatable bonds is 0. The molecule has 0 saturated carbocycles. The Morgan fingerprint density at radius 1 is 0.667 bits per heavy atom. The maximum Gasteiger partial charge on any atom is 0.431 e. The quantitative estimate of drug-likeness (QED) is 0.532. The summed E-state index contributed by atoms with van der Waals surface area (Å²) in [4.78, 5) is 0. The molecule has 0 aliphatic heterocycles. The Bertz CT molecular complexity index is 101. The third kappa shape index (κ3) is 5210. The van der Waals surface area contributed by atoms with Crippen LogP contribution in [0.2, 0.25) is 0 Å². The Hall–Kier alpha value is -0.371. The van der Waals surface area contributed by atoms with E-state index in [9.17, 15) is 36.5 Å². The van der Waals surface area contributed by atoms with Crippen LogP contribution < -0.4 is 0 Å². The fourth-order valence-corrected chi connectivity index (χ4v) is 0. The molecule has 0 aliphatic rings. The van der Waals surface area contributed by atoms with Gasteiger partial charge in [-0.05, 0) is 0 Å². The molecule has 12 heavy (non-hydrogen) atoms. The second-order valence-corrected chi connectivity index (χ2v) is 2.87. The summed E-state index contributed by atoms with van der Waals surface area (Å²) in [6.45, 7) is -3.67. The zero-order chi connectivity index (χ0) is 9.99. The van der Waals surface area contributed by atoms with Crippen molar-refractivity contribution in [3.8, 4) is 0 Å². The van der Waals surface area contributed by atoms with E-state index in [1.807, 2.05) is 0 Å². The smallest absolute Gasteiger partial charge is 0.174 e. The van der Waals surface area contributed by atoms with Gasteiger partial charge in [0.1, 0.15) is 0 Å². The van der Waals surface area contributed by atoms with Crippen LogP contribution in [-0.4, -0.2) is 6.68 Å². The normalized spacial score (nSPS) is 16.5. The zero-order valence-electron chi connectivity index (χ0n) is 5.09. The van der Waals surface area contributed by atoms with Gasteiger partial charge in [0.2, 0.25) is 0 Å². The van der Waals surface area contributed by atoms with Gasteiger partial charge in [-0.2, -0.15) is 13.2 Å². The SMILES string of the molecule is FC(F)F.FS(F)(F)(F)(F)F.[He]. The molecule has 11 heteroatoms. The molecule has 0 radical (unpaired) electrons. The van der Waals surface area contributed by atoms with E-state index in [2.05, 4.69) is 0 Å². The Kier molecular flexibility index (Phi) is 4.66. The van der Waals surface area contributed by atoms with Crippen LogP contribution in [0, 0.1) is 6.15 Å². The van der Waals surface area contributed by atoms with Gasteiger partial charge in [-0.15, -0.1) is 0 Å². The molecule has 0 saturated heterocycles. The van der Waals surface area contributed by atoms with Crippen molar-refractivity contribution in [1.82, 2.24) is 0 Å². The monoisotopic (exact) mass is 220 g/mol. The van der Waals surface area contributed by atoms with Gasteiger partial charge in [0.15, 0.2) is 0 Å². The maximum absolute atomic E-state index is 10.5. The minimum absolute atomic E-state index is 0. The molecule has 0 atom stereocenters. The van der Waals surface area contributed by atoms with Crippen molar-refractivity contribution in [2.24, 2.45) is 0 Å². The standard InChI is InChI=1S/CHF3.F6S.He/c2-1(3)4;1-7(2,3,4,5)6;/h1H;;. The fraction of sp³-hybridized carbons (Fsp3) is 1.00. The van der Waals surface area contributed by atoms with Crippen molar-refractivity contribution >= 4 is 10.6 Å². The fourth-order valence-electron chi connectivity index (χ4n) is 0. The van der Waals surface area contributed by atoms with Crippen LogP contribution in [0.4, 0.5) is 36.5 Å². The van der Waals surface area contributed by atoms with Crippen molar-refractivity contribution in [3.05, 3.63) is 0 Å². The summed E-state index contributed by atoms with van der Waals surface area (Å²) >= 11 is 0. The molecule has 0 amide bonds. The van der Waals surface area contributed by atoms with E-state index in [1.165, 1.54) is 0 Å². The zero-order valence-corrected chi connectivity index (χ0v) is 5.91. The average Bonchev–Trinajstić information content (AvgIpc) is 1.11. The Morgan fingerprint density at radius 3 is 0.667 bits per heavy atom. The van der Waals surface area contributed by atoms with Crippen molar-refractivity contribution in [2.45, 2.75) is 6.68 Å². The van der Waals surface area contributed by atoms with Gasteiger partial charge in [0.05, 0.1) is 0 Å². The van der Waals surface area contributed by atoms with Crippen molar-refractivity contribution in [3.63, 3.8) is 0 Å². The van der Waals surface area contributed by atoms with Crippen LogP contribution in [0.25, 0.3) is 0 Å². The topological polar surface area (TPSA) is 0 Å². The Balaban J connectivity index is -0.000000142. The first-order valence-corrected chi connectivity index (χ1v) is 3.43. The van der Waals surface area contributed by atoms with Crippen LogP contribution in [-0.2, 0) is 0 Å². The second kappa shape index (κ2) is 3.17. The molecule has 0 aromatic rings. The molecule has 0 nitrogen and oxygen atoms in total. The van der Waals surface area contributed by atoms with Gasteiger partial charge >= 0.3 is 17.3 Å². The summed E-state index contributed by atoms with van der Waals surface area (Å²) in [5.74, 6) is 0. The molecule has 0 aromatic carbocycles. The minimum atomic E-state index is -10.5. The summed E-state index contributed by atoms with van der Waals surface area (Å²) in [5, 5.41) is 0. The van der Waals surface area contributed by atoms with E-state index in [-0.39, 0.29) is 6.15 Å². The van der Waals surface area contributed by atoms with E-state index in [0.29, 0.717) is 0 Å². The largest absolute Gasteiger partial charge is 0.431 e. The van der Waals surface area contributed by atoms with Crippen molar-refractivity contribution in [1.29, 1.82) is 0 Å².